The quantitative estimate of drug-likeness (QED) is 0.843. The van der Waals surface area contributed by atoms with E-state index >= 15 is 0 Å². The standard InChI is InChI=1S/C20H28O4/c1-19(2)16-7-6-12-10-13(18(22)24-5)15(23-4)11-14(12)20(16,3)9-8-17(19)21/h10-11,16-17,21H,6-9H2,1-5H3/t16-,17-,20+/m0/s1. The molecule has 0 saturated heterocycles. The number of fused-ring (bicyclic) bond motifs is 3. The molecule has 1 aromatic carbocycles. The first-order valence-electron chi connectivity index (χ1n) is 8.73. The van der Waals surface area contributed by atoms with E-state index in [-0.39, 0.29) is 22.9 Å². The number of aliphatic hydroxyl groups excluding tert-OH is 1. The average molecular weight is 332 g/mol. The van der Waals surface area contributed by atoms with Gasteiger partial charge in [-0.2, -0.15) is 0 Å². The fourth-order valence-corrected chi connectivity index (χ4v) is 5.15. The fourth-order valence-electron chi connectivity index (χ4n) is 5.15. The van der Waals surface area contributed by atoms with Gasteiger partial charge >= 0.3 is 5.97 Å². The number of carbonyl (C=O) groups is 1. The highest BCUT2D eigenvalue weighted by Gasteiger charge is 2.53. The number of esters is 1. The van der Waals surface area contributed by atoms with Crippen molar-refractivity contribution in [1.29, 1.82) is 0 Å². The van der Waals surface area contributed by atoms with E-state index in [1.165, 1.54) is 18.2 Å². The second-order valence-corrected chi connectivity index (χ2v) is 8.09. The van der Waals surface area contributed by atoms with Gasteiger partial charge in [-0.1, -0.05) is 20.8 Å². The van der Waals surface area contributed by atoms with Crippen molar-refractivity contribution >= 4 is 5.97 Å². The van der Waals surface area contributed by atoms with Crippen LogP contribution in [0.25, 0.3) is 0 Å². The number of methoxy groups -OCH3 is 2. The van der Waals surface area contributed by atoms with Crippen molar-refractivity contribution in [3.63, 3.8) is 0 Å². The Labute approximate surface area is 144 Å². The lowest BCUT2D eigenvalue weighted by Gasteiger charge is -2.56. The number of aryl methyl sites for hydroxylation is 1. The van der Waals surface area contributed by atoms with E-state index in [9.17, 15) is 9.90 Å². The topological polar surface area (TPSA) is 55.8 Å². The summed E-state index contributed by atoms with van der Waals surface area (Å²) < 4.78 is 10.4. The summed E-state index contributed by atoms with van der Waals surface area (Å²) in [4.78, 5) is 12.1. The van der Waals surface area contributed by atoms with Crippen LogP contribution < -0.4 is 4.74 Å². The van der Waals surface area contributed by atoms with Crippen LogP contribution in [0.1, 0.15) is 61.5 Å². The maximum absolute atomic E-state index is 12.1. The third-order valence-corrected chi connectivity index (χ3v) is 6.61. The maximum Gasteiger partial charge on any atom is 0.341 e. The lowest BCUT2D eigenvalue weighted by atomic mass is 9.49. The van der Waals surface area contributed by atoms with Crippen LogP contribution in [0.15, 0.2) is 12.1 Å². The van der Waals surface area contributed by atoms with Crippen molar-refractivity contribution in [1.82, 2.24) is 0 Å². The van der Waals surface area contributed by atoms with E-state index < -0.39 is 0 Å². The minimum atomic E-state index is -0.360. The second-order valence-electron chi connectivity index (χ2n) is 8.09. The molecule has 0 radical (unpaired) electrons. The van der Waals surface area contributed by atoms with Gasteiger partial charge in [-0.05, 0) is 65.7 Å². The summed E-state index contributed by atoms with van der Waals surface area (Å²) in [5.41, 5.74) is 2.86. The highest BCUT2D eigenvalue weighted by atomic mass is 16.5. The van der Waals surface area contributed by atoms with Crippen molar-refractivity contribution in [3.8, 4) is 5.75 Å². The molecule has 0 heterocycles. The molecule has 1 N–H and O–H groups in total. The summed E-state index contributed by atoms with van der Waals surface area (Å²) in [6.07, 6.45) is 3.45. The van der Waals surface area contributed by atoms with E-state index in [0.717, 1.165) is 25.7 Å². The van der Waals surface area contributed by atoms with Crippen LogP contribution in [-0.4, -0.2) is 31.4 Å². The molecule has 24 heavy (non-hydrogen) atoms. The Balaban J connectivity index is 2.13. The number of carbonyl (C=O) groups excluding carboxylic acids is 1. The Kier molecular flexibility index (Phi) is 4.15. The van der Waals surface area contributed by atoms with E-state index in [1.54, 1.807) is 7.11 Å². The Morgan fingerprint density at radius 3 is 2.54 bits per heavy atom. The molecule has 4 heteroatoms. The van der Waals surface area contributed by atoms with Crippen LogP contribution in [0.4, 0.5) is 0 Å². The minimum Gasteiger partial charge on any atom is -0.496 e. The van der Waals surface area contributed by atoms with Gasteiger partial charge < -0.3 is 14.6 Å². The Morgan fingerprint density at radius 1 is 1.21 bits per heavy atom. The smallest absolute Gasteiger partial charge is 0.341 e. The minimum absolute atomic E-state index is 0.00174. The predicted molar refractivity (Wildman–Crippen MR) is 92.5 cm³/mol. The fraction of sp³-hybridized carbons (Fsp3) is 0.650. The monoisotopic (exact) mass is 332 g/mol. The summed E-state index contributed by atoms with van der Waals surface area (Å²) in [7, 11) is 2.98. The first-order chi connectivity index (χ1) is 11.3. The molecule has 0 bridgehead atoms. The molecule has 3 rings (SSSR count). The molecule has 132 valence electrons. The number of ether oxygens (including phenoxy) is 2. The lowest BCUT2D eigenvalue weighted by Crippen LogP contribution is -2.53. The largest absolute Gasteiger partial charge is 0.496 e. The van der Waals surface area contributed by atoms with Gasteiger partial charge in [0.25, 0.3) is 0 Å². The van der Waals surface area contributed by atoms with E-state index in [1.807, 2.05) is 12.1 Å². The van der Waals surface area contributed by atoms with Gasteiger partial charge in [0, 0.05) is 0 Å². The van der Waals surface area contributed by atoms with Crippen molar-refractivity contribution in [2.75, 3.05) is 14.2 Å². The van der Waals surface area contributed by atoms with Gasteiger partial charge in [-0.15, -0.1) is 0 Å². The number of benzene rings is 1. The first kappa shape index (κ1) is 17.3. The number of hydrogen-bond donors (Lipinski definition) is 1. The number of aliphatic hydroxyl groups is 1. The van der Waals surface area contributed by atoms with Gasteiger partial charge in [0.15, 0.2) is 0 Å². The Hall–Kier alpha value is -1.55. The summed E-state index contributed by atoms with van der Waals surface area (Å²) >= 11 is 0. The normalized spacial score (nSPS) is 30.9. The molecule has 1 saturated carbocycles. The second kappa shape index (κ2) is 5.76. The highest BCUT2D eigenvalue weighted by molar-refractivity contribution is 5.93. The molecule has 0 unspecified atom stereocenters. The molecule has 2 aliphatic carbocycles. The van der Waals surface area contributed by atoms with E-state index in [0.29, 0.717) is 17.2 Å². The van der Waals surface area contributed by atoms with Gasteiger partial charge in [-0.25, -0.2) is 4.79 Å². The van der Waals surface area contributed by atoms with Crippen LogP contribution in [0.2, 0.25) is 0 Å². The van der Waals surface area contributed by atoms with Gasteiger partial charge in [0.2, 0.25) is 0 Å². The van der Waals surface area contributed by atoms with Crippen LogP contribution in [0, 0.1) is 11.3 Å². The zero-order valence-electron chi connectivity index (χ0n) is 15.3. The van der Waals surface area contributed by atoms with Crippen LogP contribution in [-0.2, 0) is 16.6 Å². The molecule has 4 nitrogen and oxygen atoms in total. The Bertz CT molecular complexity index is 664. The molecule has 1 aromatic rings. The van der Waals surface area contributed by atoms with Crippen LogP contribution in [0.3, 0.4) is 0 Å². The summed E-state index contributed by atoms with van der Waals surface area (Å²) in [5.74, 6) is 0.627. The molecule has 3 atom stereocenters. The Morgan fingerprint density at radius 2 is 1.92 bits per heavy atom. The van der Waals surface area contributed by atoms with Gasteiger partial charge in [0.05, 0.1) is 20.3 Å². The average Bonchev–Trinajstić information content (AvgIpc) is 2.57. The zero-order chi connectivity index (χ0) is 17.7. The third-order valence-electron chi connectivity index (χ3n) is 6.61. The molecule has 0 amide bonds. The molecule has 1 fully saturated rings. The van der Waals surface area contributed by atoms with Crippen molar-refractivity contribution in [2.45, 2.75) is 58.0 Å². The van der Waals surface area contributed by atoms with E-state index in [4.69, 9.17) is 9.47 Å². The molecular formula is C20H28O4. The highest BCUT2D eigenvalue weighted by Crippen LogP contribution is 2.57. The summed E-state index contributed by atoms with van der Waals surface area (Å²) in [6, 6.07) is 3.97. The van der Waals surface area contributed by atoms with Gasteiger partial charge in [-0.3, -0.25) is 0 Å². The van der Waals surface area contributed by atoms with Crippen molar-refractivity contribution in [3.05, 3.63) is 28.8 Å². The first-order valence-corrected chi connectivity index (χ1v) is 8.73. The summed E-state index contributed by atoms with van der Waals surface area (Å²) in [6.45, 7) is 6.68. The number of hydrogen-bond acceptors (Lipinski definition) is 4. The lowest BCUT2D eigenvalue weighted by molar-refractivity contribution is -0.0731. The molecule has 0 spiro atoms. The molecule has 0 aliphatic heterocycles. The number of rotatable bonds is 2. The van der Waals surface area contributed by atoms with E-state index in [2.05, 4.69) is 20.8 Å². The molecular weight excluding hydrogens is 304 g/mol. The SMILES string of the molecule is COC(=O)c1cc2c(cc1OC)[C@@]1(C)CC[C@H](O)C(C)(C)[C@@H]1CC2. The third kappa shape index (κ3) is 2.34. The van der Waals surface area contributed by atoms with Crippen LogP contribution in [0.5, 0.6) is 5.75 Å². The zero-order valence-corrected chi connectivity index (χ0v) is 15.3. The van der Waals surface area contributed by atoms with Crippen molar-refractivity contribution in [2.24, 2.45) is 11.3 Å². The molecule has 2 aliphatic rings. The van der Waals surface area contributed by atoms with Crippen LogP contribution >= 0.6 is 0 Å². The maximum atomic E-state index is 12.1. The molecule has 0 aromatic heterocycles. The van der Waals surface area contributed by atoms with Crippen molar-refractivity contribution < 1.29 is 19.4 Å². The predicted octanol–water partition coefficient (Wildman–Crippen LogP) is 3.48. The van der Waals surface area contributed by atoms with Gasteiger partial charge in [0.1, 0.15) is 11.3 Å². The summed E-state index contributed by atoms with van der Waals surface area (Å²) in [5, 5.41) is 10.5.